The SMILES string of the molecule is O=C(CN1CCOCC1)N1CCN(Cc2ccc(F)cc2)CC1. The smallest absolute Gasteiger partial charge is 0.236 e. The second-order valence-corrected chi connectivity index (χ2v) is 6.17. The molecule has 2 fully saturated rings. The Bertz CT molecular complexity index is 509. The van der Waals surface area contributed by atoms with Gasteiger partial charge < -0.3 is 9.64 Å². The average Bonchev–Trinajstić information content (AvgIpc) is 2.58. The lowest BCUT2D eigenvalue weighted by Crippen LogP contribution is -2.51. The van der Waals surface area contributed by atoms with Crippen LogP contribution in [-0.2, 0) is 16.1 Å². The first-order valence-electron chi connectivity index (χ1n) is 8.25. The van der Waals surface area contributed by atoms with Gasteiger partial charge in [0.25, 0.3) is 0 Å². The fraction of sp³-hybridized carbons (Fsp3) is 0.588. The third-order valence-electron chi connectivity index (χ3n) is 4.51. The molecule has 2 aliphatic rings. The minimum absolute atomic E-state index is 0.202. The quantitative estimate of drug-likeness (QED) is 0.822. The molecule has 0 atom stereocenters. The van der Waals surface area contributed by atoms with Crippen LogP contribution in [0.3, 0.4) is 0 Å². The molecule has 0 aromatic heterocycles. The molecule has 1 aromatic rings. The fourth-order valence-electron chi connectivity index (χ4n) is 3.05. The van der Waals surface area contributed by atoms with Gasteiger partial charge in [-0.05, 0) is 17.7 Å². The van der Waals surface area contributed by atoms with Gasteiger partial charge in [0.05, 0.1) is 19.8 Å². The van der Waals surface area contributed by atoms with Crippen LogP contribution < -0.4 is 0 Å². The summed E-state index contributed by atoms with van der Waals surface area (Å²) >= 11 is 0. The van der Waals surface area contributed by atoms with Crippen LogP contribution in [0, 0.1) is 5.82 Å². The molecular weight excluding hydrogens is 297 g/mol. The molecule has 1 aromatic carbocycles. The molecule has 0 spiro atoms. The van der Waals surface area contributed by atoms with Crippen molar-refractivity contribution in [1.29, 1.82) is 0 Å². The second-order valence-electron chi connectivity index (χ2n) is 6.17. The Morgan fingerprint density at radius 2 is 1.61 bits per heavy atom. The first-order chi connectivity index (χ1) is 11.2. The maximum absolute atomic E-state index is 12.9. The van der Waals surface area contributed by atoms with Crippen molar-refractivity contribution in [3.63, 3.8) is 0 Å². The highest BCUT2D eigenvalue weighted by Crippen LogP contribution is 2.10. The Morgan fingerprint density at radius 1 is 0.957 bits per heavy atom. The van der Waals surface area contributed by atoms with Gasteiger partial charge in [-0.25, -0.2) is 4.39 Å². The summed E-state index contributed by atoms with van der Waals surface area (Å²) in [6.45, 7) is 7.71. The Balaban J connectivity index is 1.42. The van der Waals surface area contributed by atoms with Gasteiger partial charge in [0, 0.05) is 45.8 Å². The highest BCUT2D eigenvalue weighted by molar-refractivity contribution is 5.78. The number of halogens is 1. The van der Waals surface area contributed by atoms with Crippen molar-refractivity contribution < 1.29 is 13.9 Å². The van der Waals surface area contributed by atoms with Crippen molar-refractivity contribution >= 4 is 5.91 Å². The van der Waals surface area contributed by atoms with E-state index >= 15 is 0 Å². The van der Waals surface area contributed by atoms with Crippen LogP contribution >= 0.6 is 0 Å². The minimum atomic E-state index is -0.202. The van der Waals surface area contributed by atoms with Gasteiger partial charge in [0.2, 0.25) is 5.91 Å². The molecule has 0 N–H and O–H groups in total. The lowest BCUT2D eigenvalue weighted by molar-refractivity contribution is -0.135. The second kappa shape index (κ2) is 7.86. The maximum Gasteiger partial charge on any atom is 0.236 e. The predicted octanol–water partition coefficient (Wildman–Crippen LogP) is 0.802. The van der Waals surface area contributed by atoms with Crippen LogP contribution in [0.15, 0.2) is 24.3 Å². The zero-order valence-corrected chi connectivity index (χ0v) is 13.4. The molecule has 2 heterocycles. The Kier molecular flexibility index (Phi) is 5.59. The van der Waals surface area contributed by atoms with Gasteiger partial charge in [0.15, 0.2) is 0 Å². The highest BCUT2D eigenvalue weighted by Gasteiger charge is 2.23. The number of morpholine rings is 1. The molecule has 2 aliphatic heterocycles. The zero-order chi connectivity index (χ0) is 16.1. The van der Waals surface area contributed by atoms with Crippen LogP contribution in [0.1, 0.15) is 5.56 Å². The first-order valence-corrected chi connectivity index (χ1v) is 8.25. The van der Waals surface area contributed by atoms with Crippen LogP contribution in [0.5, 0.6) is 0 Å². The van der Waals surface area contributed by atoms with Gasteiger partial charge in [-0.2, -0.15) is 0 Å². The summed E-state index contributed by atoms with van der Waals surface area (Å²) in [7, 11) is 0. The Hall–Kier alpha value is -1.50. The normalized spacial score (nSPS) is 20.7. The van der Waals surface area contributed by atoms with E-state index in [0.29, 0.717) is 6.54 Å². The lowest BCUT2D eigenvalue weighted by Gasteiger charge is -2.36. The van der Waals surface area contributed by atoms with Crippen LogP contribution in [-0.4, -0.2) is 79.6 Å². The number of benzene rings is 1. The number of rotatable bonds is 4. The Labute approximate surface area is 136 Å². The number of hydrogen-bond donors (Lipinski definition) is 0. The van der Waals surface area contributed by atoms with Gasteiger partial charge >= 0.3 is 0 Å². The average molecular weight is 321 g/mol. The van der Waals surface area contributed by atoms with Crippen molar-refractivity contribution in [3.05, 3.63) is 35.6 Å². The van der Waals surface area contributed by atoms with Gasteiger partial charge in [-0.3, -0.25) is 14.6 Å². The van der Waals surface area contributed by atoms with E-state index < -0.39 is 0 Å². The third-order valence-corrected chi connectivity index (χ3v) is 4.51. The van der Waals surface area contributed by atoms with Crippen LogP contribution in [0.4, 0.5) is 4.39 Å². The van der Waals surface area contributed by atoms with Crippen molar-refractivity contribution in [1.82, 2.24) is 14.7 Å². The molecule has 1 amide bonds. The first kappa shape index (κ1) is 16.4. The summed E-state index contributed by atoms with van der Waals surface area (Å²) in [6.07, 6.45) is 0. The number of nitrogens with zero attached hydrogens (tertiary/aromatic N) is 3. The number of carbonyl (C=O) groups is 1. The highest BCUT2D eigenvalue weighted by atomic mass is 19.1. The van der Waals surface area contributed by atoms with E-state index in [1.165, 1.54) is 12.1 Å². The van der Waals surface area contributed by atoms with Crippen molar-refractivity contribution in [2.24, 2.45) is 0 Å². The summed E-state index contributed by atoms with van der Waals surface area (Å²) in [5.74, 6) is 0.0145. The third kappa shape index (κ3) is 4.73. The number of piperazine rings is 1. The van der Waals surface area contributed by atoms with Crippen molar-refractivity contribution in [2.75, 3.05) is 59.0 Å². The number of ether oxygens (including phenoxy) is 1. The molecule has 0 saturated carbocycles. The van der Waals surface area contributed by atoms with E-state index in [2.05, 4.69) is 9.80 Å². The van der Waals surface area contributed by atoms with E-state index in [4.69, 9.17) is 4.74 Å². The van der Waals surface area contributed by atoms with Gasteiger partial charge in [-0.15, -0.1) is 0 Å². The largest absolute Gasteiger partial charge is 0.379 e. The van der Waals surface area contributed by atoms with Crippen LogP contribution in [0.25, 0.3) is 0 Å². The molecule has 0 unspecified atom stereocenters. The van der Waals surface area contributed by atoms with E-state index in [0.717, 1.165) is 64.6 Å². The maximum atomic E-state index is 12.9. The van der Waals surface area contributed by atoms with Crippen molar-refractivity contribution in [3.8, 4) is 0 Å². The molecule has 6 heteroatoms. The molecule has 23 heavy (non-hydrogen) atoms. The molecule has 2 saturated heterocycles. The van der Waals surface area contributed by atoms with Crippen molar-refractivity contribution in [2.45, 2.75) is 6.54 Å². The van der Waals surface area contributed by atoms with E-state index in [9.17, 15) is 9.18 Å². The van der Waals surface area contributed by atoms with Gasteiger partial charge in [-0.1, -0.05) is 12.1 Å². The van der Waals surface area contributed by atoms with E-state index in [1.54, 1.807) is 0 Å². The molecule has 0 radical (unpaired) electrons. The molecule has 0 bridgehead atoms. The standard InChI is InChI=1S/C17H24FN3O2/c18-16-3-1-15(2-4-16)13-19-5-7-21(8-6-19)17(22)14-20-9-11-23-12-10-20/h1-4H,5-14H2. The molecule has 0 aliphatic carbocycles. The van der Waals surface area contributed by atoms with Crippen LogP contribution in [0.2, 0.25) is 0 Å². The predicted molar refractivity (Wildman–Crippen MR) is 85.5 cm³/mol. The Morgan fingerprint density at radius 3 is 2.26 bits per heavy atom. The molecule has 3 rings (SSSR count). The summed E-state index contributed by atoms with van der Waals surface area (Å²) in [4.78, 5) is 18.8. The molecule has 126 valence electrons. The topological polar surface area (TPSA) is 36.0 Å². The minimum Gasteiger partial charge on any atom is -0.379 e. The monoisotopic (exact) mass is 321 g/mol. The number of amides is 1. The summed E-state index contributed by atoms with van der Waals surface area (Å²) in [5, 5.41) is 0. The summed E-state index contributed by atoms with van der Waals surface area (Å²) in [5.41, 5.74) is 1.11. The molecular formula is C17H24FN3O2. The summed E-state index contributed by atoms with van der Waals surface area (Å²) in [6, 6.07) is 6.64. The van der Waals surface area contributed by atoms with E-state index in [-0.39, 0.29) is 11.7 Å². The van der Waals surface area contributed by atoms with E-state index in [1.807, 2.05) is 17.0 Å². The fourth-order valence-corrected chi connectivity index (χ4v) is 3.05. The lowest BCUT2D eigenvalue weighted by atomic mass is 10.2. The number of carbonyl (C=O) groups excluding carboxylic acids is 1. The number of hydrogen-bond acceptors (Lipinski definition) is 4. The van der Waals surface area contributed by atoms with Gasteiger partial charge in [0.1, 0.15) is 5.82 Å². The molecule has 5 nitrogen and oxygen atoms in total. The summed E-state index contributed by atoms with van der Waals surface area (Å²) < 4.78 is 18.2. The zero-order valence-electron chi connectivity index (χ0n) is 13.4.